The fourth-order valence-corrected chi connectivity index (χ4v) is 1.46. The van der Waals surface area contributed by atoms with Crippen LogP contribution in [0.3, 0.4) is 0 Å². The van der Waals surface area contributed by atoms with Crippen LogP contribution in [0.1, 0.15) is 59.3 Å². The first-order chi connectivity index (χ1) is 6.16. The van der Waals surface area contributed by atoms with Gasteiger partial charge in [-0.3, -0.25) is 4.99 Å². The van der Waals surface area contributed by atoms with Crippen LogP contribution in [0.25, 0.3) is 0 Å². The summed E-state index contributed by atoms with van der Waals surface area (Å²) in [6, 6.07) is 0.409. The molecule has 78 valence electrons. The Morgan fingerprint density at radius 2 is 1.85 bits per heavy atom. The molecule has 0 spiro atoms. The lowest BCUT2D eigenvalue weighted by molar-refractivity contribution is 0.564. The lowest BCUT2D eigenvalue weighted by Gasteiger charge is -2.06. The summed E-state index contributed by atoms with van der Waals surface area (Å²) in [5, 5.41) is 0. The van der Waals surface area contributed by atoms with Gasteiger partial charge in [0.2, 0.25) is 0 Å². The molecule has 0 heterocycles. The molecule has 0 aliphatic rings. The summed E-state index contributed by atoms with van der Waals surface area (Å²) >= 11 is 0. The average Bonchev–Trinajstić information content (AvgIpc) is 2.02. The Morgan fingerprint density at radius 3 is 2.38 bits per heavy atom. The number of amidine groups is 1. The van der Waals surface area contributed by atoms with Crippen molar-refractivity contribution in [2.45, 2.75) is 65.3 Å². The molecule has 0 saturated carbocycles. The predicted molar refractivity (Wildman–Crippen MR) is 60.1 cm³/mol. The molecule has 2 heteroatoms. The molecule has 0 rings (SSSR count). The van der Waals surface area contributed by atoms with Crippen molar-refractivity contribution >= 4 is 5.84 Å². The zero-order valence-electron chi connectivity index (χ0n) is 9.34. The zero-order chi connectivity index (χ0) is 10.1. The van der Waals surface area contributed by atoms with Gasteiger partial charge in [0, 0.05) is 6.04 Å². The quantitative estimate of drug-likeness (QED) is 0.368. The molecule has 0 aliphatic carbocycles. The minimum absolute atomic E-state index is 0.409. The minimum atomic E-state index is 0.409. The number of nitrogens with two attached hydrogens (primary N) is 1. The molecule has 0 aromatic rings. The molecule has 2 N–H and O–H groups in total. The average molecular weight is 184 g/mol. The van der Waals surface area contributed by atoms with Crippen LogP contribution in [-0.4, -0.2) is 11.9 Å². The Labute approximate surface area is 82.6 Å². The van der Waals surface area contributed by atoms with Crippen LogP contribution in [0.2, 0.25) is 0 Å². The molecule has 0 aromatic carbocycles. The second kappa shape index (κ2) is 8.09. The number of rotatable bonds is 7. The highest BCUT2D eigenvalue weighted by Gasteiger charge is 1.98. The van der Waals surface area contributed by atoms with E-state index in [2.05, 4.69) is 18.8 Å². The standard InChI is InChI=1S/C11H24N2/c1-4-5-6-7-8-9-10(2)13-11(3)12/h10H,4-9H2,1-3H3,(H2,12,13)/t10-/m1/s1. The van der Waals surface area contributed by atoms with E-state index in [0.717, 1.165) is 0 Å². The summed E-state index contributed by atoms with van der Waals surface area (Å²) in [5.74, 6) is 0.709. The van der Waals surface area contributed by atoms with E-state index in [-0.39, 0.29) is 0 Å². The van der Waals surface area contributed by atoms with E-state index >= 15 is 0 Å². The van der Waals surface area contributed by atoms with Gasteiger partial charge in [0.25, 0.3) is 0 Å². The maximum Gasteiger partial charge on any atom is 0.0908 e. The molecule has 0 saturated heterocycles. The van der Waals surface area contributed by atoms with Crippen LogP contribution >= 0.6 is 0 Å². The smallest absolute Gasteiger partial charge is 0.0908 e. The highest BCUT2D eigenvalue weighted by Crippen LogP contribution is 2.08. The third-order valence-corrected chi connectivity index (χ3v) is 2.15. The molecule has 0 amide bonds. The van der Waals surface area contributed by atoms with Crippen molar-refractivity contribution in [3.8, 4) is 0 Å². The summed E-state index contributed by atoms with van der Waals surface area (Å²) < 4.78 is 0. The summed E-state index contributed by atoms with van der Waals surface area (Å²) in [6.45, 7) is 6.23. The van der Waals surface area contributed by atoms with Crippen molar-refractivity contribution < 1.29 is 0 Å². The molecule has 0 aliphatic heterocycles. The van der Waals surface area contributed by atoms with Crippen LogP contribution in [0.5, 0.6) is 0 Å². The molecule has 0 bridgehead atoms. The lowest BCUT2D eigenvalue weighted by atomic mass is 10.1. The highest BCUT2D eigenvalue weighted by atomic mass is 14.9. The number of aliphatic imine (C=N–C) groups is 1. The lowest BCUT2D eigenvalue weighted by Crippen LogP contribution is -2.10. The van der Waals surface area contributed by atoms with Crippen molar-refractivity contribution in [1.29, 1.82) is 0 Å². The van der Waals surface area contributed by atoms with Crippen LogP contribution < -0.4 is 5.73 Å². The normalized spacial score (nSPS) is 14.5. The monoisotopic (exact) mass is 184 g/mol. The van der Waals surface area contributed by atoms with Crippen LogP contribution in [0.15, 0.2) is 4.99 Å². The van der Waals surface area contributed by atoms with E-state index in [0.29, 0.717) is 11.9 Å². The van der Waals surface area contributed by atoms with Gasteiger partial charge in [-0.1, -0.05) is 39.0 Å². The molecule has 0 unspecified atom stereocenters. The first-order valence-electron chi connectivity index (χ1n) is 5.46. The summed E-state index contributed by atoms with van der Waals surface area (Å²) in [6.07, 6.45) is 7.87. The van der Waals surface area contributed by atoms with E-state index in [1.165, 1.54) is 38.5 Å². The highest BCUT2D eigenvalue weighted by molar-refractivity contribution is 5.77. The molecular weight excluding hydrogens is 160 g/mol. The fraction of sp³-hybridized carbons (Fsp3) is 0.909. The summed E-state index contributed by atoms with van der Waals surface area (Å²) in [4.78, 5) is 4.29. The number of hydrogen-bond donors (Lipinski definition) is 1. The van der Waals surface area contributed by atoms with E-state index in [1.54, 1.807) is 0 Å². The van der Waals surface area contributed by atoms with Gasteiger partial charge in [0.05, 0.1) is 5.84 Å². The predicted octanol–water partition coefficient (Wildman–Crippen LogP) is 3.11. The van der Waals surface area contributed by atoms with Gasteiger partial charge < -0.3 is 5.73 Å². The Morgan fingerprint density at radius 1 is 1.23 bits per heavy atom. The van der Waals surface area contributed by atoms with Crippen molar-refractivity contribution in [3.63, 3.8) is 0 Å². The molecule has 2 nitrogen and oxygen atoms in total. The second-order valence-electron chi connectivity index (χ2n) is 3.82. The largest absolute Gasteiger partial charge is 0.388 e. The van der Waals surface area contributed by atoms with E-state index in [4.69, 9.17) is 5.73 Å². The molecule has 1 atom stereocenters. The zero-order valence-corrected chi connectivity index (χ0v) is 9.34. The van der Waals surface area contributed by atoms with Gasteiger partial charge in [-0.2, -0.15) is 0 Å². The third-order valence-electron chi connectivity index (χ3n) is 2.15. The van der Waals surface area contributed by atoms with Gasteiger partial charge in [-0.25, -0.2) is 0 Å². The Bertz CT molecular complexity index is 137. The first-order valence-corrected chi connectivity index (χ1v) is 5.46. The van der Waals surface area contributed by atoms with Crippen LogP contribution in [0, 0.1) is 0 Å². The van der Waals surface area contributed by atoms with Crippen LogP contribution in [-0.2, 0) is 0 Å². The second-order valence-corrected chi connectivity index (χ2v) is 3.82. The molecule has 0 fully saturated rings. The third kappa shape index (κ3) is 9.38. The molecule has 0 aromatic heterocycles. The molecular formula is C11H24N2. The van der Waals surface area contributed by atoms with E-state index < -0.39 is 0 Å². The summed E-state index contributed by atoms with van der Waals surface area (Å²) in [5.41, 5.74) is 5.50. The number of unbranched alkanes of at least 4 members (excludes halogenated alkanes) is 4. The Kier molecular flexibility index (Phi) is 7.76. The van der Waals surface area contributed by atoms with Gasteiger partial charge in [0.15, 0.2) is 0 Å². The van der Waals surface area contributed by atoms with Gasteiger partial charge in [0.1, 0.15) is 0 Å². The maximum absolute atomic E-state index is 5.50. The van der Waals surface area contributed by atoms with Crippen molar-refractivity contribution in [2.24, 2.45) is 10.7 Å². The van der Waals surface area contributed by atoms with Crippen molar-refractivity contribution in [1.82, 2.24) is 0 Å². The maximum atomic E-state index is 5.50. The molecule has 13 heavy (non-hydrogen) atoms. The Balaban J connectivity index is 3.27. The minimum Gasteiger partial charge on any atom is -0.388 e. The fourth-order valence-electron chi connectivity index (χ4n) is 1.46. The van der Waals surface area contributed by atoms with Gasteiger partial charge in [-0.05, 0) is 20.3 Å². The topological polar surface area (TPSA) is 38.4 Å². The summed E-state index contributed by atoms with van der Waals surface area (Å²) in [7, 11) is 0. The number of nitrogens with zero attached hydrogens (tertiary/aromatic N) is 1. The molecule has 0 radical (unpaired) electrons. The van der Waals surface area contributed by atoms with Gasteiger partial charge >= 0.3 is 0 Å². The van der Waals surface area contributed by atoms with E-state index in [9.17, 15) is 0 Å². The van der Waals surface area contributed by atoms with Crippen LogP contribution in [0.4, 0.5) is 0 Å². The van der Waals surface area contributed by atoms with Crippen molar-refractivity contribution in [3.05, 3.63) is 0 Å². The number of hydrogen-bond acceptors (Lipinski definition) is 1. The van der Waals surface area contributed by atoms with E-state index in [1.807, 2.05) is 6.92 Å². The first kappa shape index (κ1) is 12.5. The Hall–Kier alpha value is -0.530. The van der Waals surface area contributed by atoms with Crippen molar-refractivity contribution in [2.75, 3.05) is 0 Å². The van der Waals surface area contributed by atoms with Gasteiger partial charge in [-0.15, -0.1) is 0 Å². The SMILES string of the molecule is CCCCCCC[C@@H](C)N=C(C)N.